The molecule has 0 radical (unpaired) electrons. The molecule has 3 nitrogen and oxygen atoms in total. The predicted molar refractivity (Wildman–Crippen MR) is 53.8 cm³/mol. The van der Waals surface area contributed by atoms with E-state index in [0.29, 0.717) is 5.52 Å². The van der Waals surface area contributed by atoms with Crippen LogP contribution in [0.5, 0.6) is 0 Å². The summed E-state index contributed by atoms with van der Waals surface area (Å²) in [5.41, 5.74) is 0.561. The van der Waals surface area contributed by atoms with Gasteiger partial charge in [-0.25, -0.2) is 0 Å². The summed E-state index contributed by atoms with van der Waals surface area (Å²) in [6.45, 7) is 0. The van der Waals surface area contributed by atoms with Crippen LogP contribution in [0.25, 0.3) is 10.9 Å². The summed E-state index contributed by atoms with van der Waals surface area (Å²) in [5, 5.41) is 11.5. The third kappa shape index (κ3) is 1.37. The molecule has 14 heavy (non-hydrogen) atoms. The molecule has 0 atom stereocenters. The second-order valence-electron chi connectivity index (χ2n) is 2.78. The van der Waals surface area contributed by atoms with Gasteiger partial charge in [-0.3, -0.25) is 4.98 Å². The Kier molecular flexibility index (Phi) is 2.21. The summed E-state index contributed by atoms with van der Waals surface area (Å²) in [6.07, 6.45) is 1.56. The number of fused-ring (bicyclic) bond motifs is 1. The molecule has 1 heterocycles. The van der Waals surface area contributed by atoms with Gasteiger partial charge in [0.1, 0.15) is 0 Å². The third-order valence-corrected chi connectivity index (χ3v) is 2.63. The van der Waals surface area contributed by atoms with Gasteiger partial charge in [-0.15, -0.1) is 0 Å². The molecule has 70 valence electrons. The smallest absolute Gasteiger partial charge is 0.0803 e. The standard InChI is InChI=1S/C10H6BrNO2/c11-8-4-3-7(10(13)14)9-6(8)2-1-5-12-9/h1-5H,(H,13,14)/p-1. The Morgan fingerprint density at radius 2 is 2.14 bits per heavy atom. The first kappa shape index (κ1) is 9.15. The van der Waals surface area contributed by atoms with E-state index in [0.717, 1.165) is 9.86 Å². The van der Waals surface area contributed by atoms with Crippen molar-refractivity contribution in [1.82, 2.24) is 4.98 Å². The summed E-state index contributed by atoms with van der Waals surface area (Å²) in [7, 11) is 0. The minimum absolute atomic E-state index is 0.115. The van der Waals surface area contributed by atoms with Gasteiger partial charge in [0.25, 0.3) is 0 Å². The molecule has 0 amide bonds. The molecule has 0 saturated carbocycles. The molecule has 0 aliphatic rings. The molecule has 2 rings (SSSR count). The largest absolute Gasteiger partial charge is 0.545 e. The van der Waals surface area contributed by atoms with Gasteiger partial charge in [0.05, 0.1) is 11.5 Å². The second-order valence-corrected chi connectivity index (χ2v) is 3.64. The lowest BCUT2D eigenvalue weighted by Crippen LogP contribution is -2.22. The second kappa shape index (κ2) is 3.38. The molecule has 0 saturated heterocycles. The number of pyridine rings is 1. The van der Waals surface area contributed by atoms with Crippen molar-refractivity contribution < 1.29 is 9.90 Å². The molecule has 0 spiro atoms. The topological polar surface area (TPSA) is 53.0 Å². The lowest BCUT2D eigenvalue weighted by Gasteiger charge is -2.07. The SMILES string of the molecule is O=C([O-])c1ccc(Br)c2cccnc12. The van der Waals surface area contributed by atoms with Crippen molar-refractivity contribution in [2.45, 2.75) is 0 Å². The zero-order valence-electron chi connectivity index (χ0n) is 7.03. The van der Waals surface area contributed by atoms with Crippen molar-refractivity contribution in [2.24, 2.45) is 0 Å². The normalized spacial score (nSPS) is 10.4. The summed E-state index contributed by atoms with van der Waals surface area (Å²) in [4.78, 5) is 14.8. The number of hydrogen-bond acceptors (Lipinski definition) is 3. The fourth-order valence-corrected chi connectivity index (χ4v) is 1.75. The molecule has 4 heteroatoms. The number of aromatic carboxylic acids is 1. The van der Waals surface area contributed by atoms with Crippen molar-refractivity contribution in [1.29, 1.82) is 0 Å². The Bertz CT molecular complexity index is 510. The van der Waals surface area contributed by atoms with Crippen molar-refractivity contribution >= 4 is 32.8 Å². The summed E-state index contributed by atoms with van der Waals surface area (Å²) in [5.74, 6) is -1.21. The molecule has 1 aromatic heterocycles. The van der Waals surface area contributed by atoms with E-state index in [-0.39, 0.29) is 5.56 Å². The first-order valence-corrected chi connectivity index (χ1v) is 4.74. The van der Waals surface area contributed by atoms with E-state index in [4.69, 9.17) is 0 Å². The minimum Gasteiger partial charge on any atom is -0.545 e. The Morgan fingerprint density at radius 1 is 1.36 bits per heavy atom. The molecule has 0 fully saturated rings. The fraction of sp³-hybridized carbons (Fsp3) is 0. The molecule has 0 aliphatic heterocycles. The van der Waals surface area contributed by atoms with E-state index in [2.05, 4.69) is 20.9 Å². The van der Waals surface area contributed by atoms with Crippen LogP contribution in [0.2, 0.25) is 0 Å². The zero-order chi connectivity index (χ0) is 10.1. The van der Waals surface area contributed by atoms with Crippen molar-refractivity contribution in [2.75, 3.05) is 0 Å². The van der Waals surface area contributed by atoms with Crippen molar-refractivity contribution in [3.63, 3.8) is 0 Å². The molecule has 2 aromatic rings. The summed E-state index contributed by atoms with van der Waals surface area (Å²) >= 11 is 3.33. The van der Waals surface area contributed by atoms with Gasteiger partial charge in [-0.2, -0.15) is 0 Å². The summed E-state index contributed by atoms with van der Waals surface area (Å²) < 4.78 is 0.825. The number of aromatic nitrogens is 1. The number of rotatable bonds is 1. The molecular weight excluding hydrogens is 246 g/mol. The van der Waals surface area contributed by atoms with Crippen molar-refractivity contribution in [3.05, 3.63) is 40.5 Å². The zero-order valence-corrected chi connectivity index (χ0v) is 8.61. The Balaban J connectivity index is 2.88. The highest BCUT2D eigenvalue weighted by Crippen LogP contribution is 2.24. The average Bonchev–Trinajstić information content (AvgIpc) is 2.18. The molecule has 1 aromatic carbocycles. The lowest BCUT2D eigenvalue weighted by atomic mass is 10.1. The number of benzene rings is 1. The highest BCUT2D eigenvalue weighted by atomic mass is 79.9. The minimum atomic E-state index is -1.21. The number of carboxylic acid groups (broad SMARTS) is 1. The Hall–Kier alpha value is -1.42. The van der Waals surface area contributed by atoms with Gasteiger partial charge < -0.3 is 9.90 Å². The Labute approximate surface area is 88.5 Å². The van der Waals surface area contributed by atoms with Gasteiger partial charge in [0.2, 0.25) is 0 Å². The van der Waals surface area contributed by atoms with E-state index in [1.165, 1.54) is 6.07 Å². The van der Waals surface area contributed by atoms with Crippen LogP contribution in [0.15, 0.2) is 34.9 Å². The number of carbonyl (C=O) groups is 1. The maximum atomic E-state index is 10.8. The van der Waals surface area contributed by atoms with Gasteiger partial charge in [-0.1, -0.05) is 22.0 Å². The van der Waals surface area contributed by atoms with Gasteiger partial charge in [0.15, 0.2) is 0 Å². The highest BCUT2D eigenvalue weighted by Gasteiger charge is 2.05. The quantitative estimate of drug-likeness (QED) is 0.768. The van der Waals surface area contributed by atoms with E-state index in [1.54, 1.807) is 24.4 Å². The maximum absolute atomic E-state index is 10.8. The van der Waals surface area contributed by atoms with Crippen LogP contribution in [-0.2, 0) is 0 Å². The number of nitrogens with zero attached hydrogens (tertiary/aromatic N) is 1. The number of carboxylic acids is 1. The highest BCUT2D eigenvalue weighted by molar-refractivity contribution is 9.10. The maximum Gasteiger partial charge on any atom is 0.0803 e. The van der Waals surface area contributed by atoms with Gasteiger partial charge in [0, 0.05) is 21.6 Å². The number of carbonyl (C=O) groups excluding carboxylic acids is 1. The van der Waals surface area contributed by atoms with E-state index in [1.807, 2.05) is 0 Å². The fourth-order valence-electron chi connectivity index (χ4n) is 1.30. The predicted octanol–water partition coefficient (Wildman–Crippen LogP) is 1.36. The van der Waals surface area contributed by atoms with Crippen LogP contribution in [0.4, 0.5) is 0 Å². The lowest BCUT2D eigenvalue weighted by molar-refractivity contribution is -0.254. The van der Waals surface area contributed by atoms with Crippen LogP contribution in [-0.4, -0.2) is 11.0 Å². The molecule has 0 bridgehead atoms. The molecule has 0 unspecified atom stereocenters. The number of hydrogen-bond donors (Lipinski definition) is 0. The van der Waals surface area contributed by atoms with Crippen molar-refractivity contribution in [3.8, 4) is 0 Å². The third-order valence-electron chi connectivity index (χ3n) is 1.94. The van der Waals surface area contributed by atoms with Crippen LogP contribution < -0.4 is 5.11 Å². The molecular formula is C10H5BrNO2-. The molecule has 0 N–H and O–H groups in total. The first-order chi connectivity index (χ1) is 6.70. The van der Waals surface area contributed by atoms with E-state index in [9.17, 15) is 9.90 Å². The first-order valence-electron chi connectivity index (χ1n) is 3.95. The van der Waals surface area contributed by atoms with Gasteiger partial charge >= 0.3 is 0 Å². The van der Waals surface area contributed by atoms with Crippen LogP contribution >= 0.6 is 15.9 Å². The monoisotopic (exact) mass is 250 g/mol. The van der Waals surface area contributed by atoms with Crippen LogP contribution in [0.3, 0.4) is 0 Å². The van der Waals surface area contributed by atoms with E-state index >= 15 is 0 Å². The molecule has 0 aliphatic carbocycles. The van der Waals surface area contributed by atoms with Gasteiger partial charge in [-0.05, 0) is 18.2 Å². The summed E-state index contributed by atoms with van der Waals surface area (Å²) in [6, 6.07) is 6.72. The average molecular weight is 251 g/mol. The number of halogens is 1. The van der Waals surface area contributed by atoms with Crippen LogP contribution in [0.1, 0.15) is 10.4 Å². The van der Waals surface area contributed by atoms with E-state index < -0.39 is 5.97 Å². The Morgan fingerprint density at radius 3 is 2.86 bits per heavy atom. The van der Waals surface area contributed by atoms with Crippen LogP contribution in [0, 0.1) is 0 Å².